The number of carbonyl (C=O) groups is 1. The first-order chi connectivity index (χ1) is 12.9. The van der Waals surface area contributed by atoms with Crippen LogP contribution in [0.3, 0.4) is 0 Å². The zero-order valence-corrected chi connectivity index (χ0v) is 17.0. The van der Waals surface area contributed by atoms with E-state index in [1.165, 1.54) is 18.2 Å². The second-order valence-corrected chi connectivity index (χ2v) is 8.28. The first-order valence-electron chi connectivity index (χ1n) is 8.20. The van der Waals surface area contributed by atoms with Gasteiger partial charge in [-0.05, 0) is 44.2 Å². The SMILES string of the molecule is CCN(CC)C(=O)c1ccc(Cl)cc1NS(=O)(=O)c1cccc2nsnc12. The molecule has 142 valence electrons. The highest BCUT2D eigenvalue weighted by Gasteiger charge is 2.24. The van der Waals surface area contributed by atoms with E-state index in [9.17, 15) is 13.2 Å². The molecular weight excluding hydrogens is 408 g/mol. The third-order valence-electron chi connectivity index (χ3n) is 4.05. The van der Waals surface area contributed by atoms with Gasteiger partial charge in [-0.15, -0.1) is 0 Å². The van der Waals surface area contributed by atoms with Crippen LogP contribution in [0, 0.1) is 0 Å². The van der Waals surface area contributed by atoms with Gasteiger partial charge < -0.3 is 4.90 Å². The Balaban J connectivity index is 2.06. The zero-order valence-electron chi connectivity index (χ0n) is 14.6. The number of nitrogens with one attached hydrogen (secondary N) is 1. The predicted octanol–water partition coefficient (Wildman–Crippen LogP) is 3.63. The van der Waals surface area contributed by atoms with Gasteiger partial charge in [0.25, 0.3) is 15.9 Å². The second kappa shape index (κ2) is 7.79. The molecule has 0 radical (unpaired) electrons. The lowest BCUT2D eigenvalue weighted by Crippen LogP contribution is -2.31. The van der Waals surface area contributed by atoms with E-state index in [0.717, 1.165) is 11.7 Å². The number of fused-ring (bicyclic) bond motifs is 1. The number of nitrogens with zero attached hydrogens (tertiary/aromatic N) is 3. The first-order valence-corrected chi connectivity index (χ1v) is 10.8. The number of amides is 1. The van der Waals surface area contributed by atoms with E-state index in [1.54, 1.807) is 23.1 Å². The van der Waals surface area contributed by atoms with Gasteiger partial charge >= 0.3 is 0 Å². The molecule has 0 aliphatic carbocycles. The zero-order chi connectivity index (χ0) is 19.6. The Labute approximate surface area is 166 Å². The maximum Gasteiger partial charge on any atom is 0.264 e. The van der Waals surface area contributed by atoms with Gasteiger partial charge in [0, 0.05) is 18.1 Å². The average molecular weight is 425 g/mol. The molecule has 10 heteroatoms. The minimum Gasteiger partial charge on any atom is -0.339 e. The molecule has 0 aliphatic rings. The van der Waals surface area contributed by atoms with Gasteiger partial charge in [0.05, 0.1) is 23.0 Å². The van der Waals surface area contributed by atoms with Crippen LogP contribution in [0.15, 0.2) is 41.3 Å². The van der Waals surface area contributed by atoms with Crippen molar-refractivity contribution < 1.29 is 13.2 Å². The van der Waals surface area contributed by atoms with Crippen molar-refractivity contribution in [3.63, 3.8) is 0 Å². The summed E-state index contributed by atoms with van der Waals surface area (Å²) in [5, 5.41) is 0.317. The monoisotopic (exact) mass is 424 g/mol. The van der Waals surface area contributed by atoms with Crippen LogP contribution in [0.2, 0.25) is 5.02 Å². The molecule has 0 aliphatic heterocycles. The van der Waals surface area contributed by atoms with Crippen molar-refractivity contribution in [2.45, 2.75) is 18.7 Å². The van der Waals surface area contributed by atoms with Crippen molar-refractivity contribution in [1.29, 1.82) is 0 Å². The Morgan fingerprint density at radius 1 is 1.19 bits per heavy atom. The molecule has 3 rings (SSSR count). The number of hydrogen-bond donors (Lipinski definition) is 1. The molecule has 7 nitrogen and oxygen atoms in total. The summed E-state index contributed by atoms with van der Waals surface area (Å²) in [6.07, 6.45) is 0. The van der Waals surface area contributed by atoms with Crippen molar-refractivity contribution in [3.8, 4) is 0 Å². The minimum absolute atomic E-state index is 0.00466. The quantitative estimate of drug-likeness (QED) is 0.652. The van der Waals surface area contributed by atoms with Crippen molar-refractivity contribution in [1.82, 2.24) is 13.6 Å². The minimum atomic E-state index is -4.00. The predicted molar refractivity (Wildman–Crippen MR) is 107 cm³/mol. The number of halogens is 1. The van der Waals surface area contributed by atoms with Gasteiger partial charge in [-0.3, -0.25) is 9.52 Å². The lowest BCUT2D eigenvalue weighted by molar-refractivity contribution is 0.0774. The van der Waals surface area contributed by atoms with Gasteiger partial charge in [0.2, 0.25) is 0 Å². The summed E-state index contributed by atoms with van der Waals surface area (Å²) < 4.78 is 36.5. The van der Waals surface area contributed by atoms with E-state index in [4.69, 9.17) is 11.6 Å². The smallest absolute Gasteiger partial charge is 0.264 e. The molecule has 1 amide bonds. The molecule has 3 aromatic rings. The maximum absolute atomic E-state index is 13.0. The maximum atomic E-state index is 13.0. The van der Waals surface area contributed by atoms with Gasteiger partial charge in [0.15, 0.2) is 0 Å². The second-order valence-electron chi connectivity index (χ2n) is 5.66. The Kier molecular flexibility index (Phi) is 5.64. The van der Waals surface area contributed by atoms with Crippen LogP contribution in [0.25, 0.3) is 11.0 Å². The highest BCUT2D eigenvalue weighted by Crippen LogP contribution is 2.28. The number of carbonyl (C=O) groups excluding carboxylic acids is 1. The van der Waals surface area contributed by atoms with Crippen molar-refractivity contribution in [3.05, 3.63) is 47.0 Å². The summed E-state index contributed by atoms with van der Waals surface area (Å²) in [6.45, 7) is 4.73. The van der Waals surface area contributed by atoms with Gasteiger partial charge in [-0.2, -0.15) is 8.75 Å². The van der Waals surface area contributed by atoms with E-state index in [1.807, 2.05) is 13.8 Å². The molecule has 1 heterocycles. The van der Waals surface area contributed by atoms with E-state index < -0.39 is 10.0 Å². The van der Waals surface area contributed by atoms with Crippen molar-refractivity contribution in [2.75, 3.05) is 17.8 Å². The highest BCUT2D eigenvalue weighted by atomic mass is 35.5. The van der Waals surface area contributed by atoms with Gasteiger partial charge in [-0.25, -0.2) is 8.42 Å². The molecule has 0 unspecified atom stereocenters. The summed E-state index contributed by atoms with van der Waals surface area (Å²) in [5.74, 6) is -0.275. The number of anilines is 1. The van der Waals surface area contributed by atoms with Crippen molar-refractivity contribution in [2.24, 2.45) is 0 Å². The van der Waals surface area contributed by atoms with E-state index in [-0.39, 0.29) is 27.6 Å². The van der Waals surface area contributed by atoms with E-state index in [2.05, 4.69) is 13.5 Å². The van der Waals surface area contributed by atoms with Crippen LogP contribution in [-0.4, -0.2) is 41.1 Å². The van der Waals surface area contributed by atoms with Gasteiger partial charge in [-0.1, -0.05) is 17.7 Å². The molecule has 0 bridgehead atoms. The summed E-state index contributed by atoms with van der Waals surface area (Å²) in [4.78, 5) is 14.4. The Morgan fingerprint density at radius 3 is 2.63 bits per heavy atom. The fraction of sp³-hybridized carbons (Fsp3) is 0.235. The molecular formula is C17H17ClN4O3S2. The average Bonchev–Trinajstić information content (AvgIpc) is 3.11. The first kappa shape index (κ1) is 19.5. The molecule has 1 N–H and O–H groups in total. The fourth-order valence-electron chi connectivity index (χ4n) is 2.67. The van der Waals surface area contributed by atoms with Crippen LogP contribution in [0.1, 0.15) is 24.2 Å². The van der Waals surface area contributed by atoms with E-state index in [0.29, 0.717) is 23.6 Å². The van der Waals surface area contributed by atoms with Crippen LogP contribution in [0.4, 0.5) is 5.69 Å². The molecule has 27 heavy (non-hydrogen) atoms. The highest BCUT2D eigenvalue weighted by molar-refractivity contribution is 7.93. The Hall–Kier alpha value is -2.23. The van der Waals surface area contributed by atoms with Crippen LogP contribution >= 0.6 is 23.3 Å². The number of sulfonamides is 1. The lowest BCUT2D eigenvalue weighted by atomic mass is 10.1. The molecule has 0 atom stereocenters. The summed E-state index contributed by atoms with van der Waals surface area (Å²) in [7, 11) is -4.00. The molecule has 0 spiro atoms. The van der Waals surface area contributed by atoms with Gasteiger partial charge in [0.1, 0.15) is 15.9 Å². The number of benzene rings is 2. The molecule has 0 saturated carbocycles. The van der Waals surface area contributed by atoms with Crippen LogP contribution < -0.4 is 4.72 Å². The largest absolute Gasteiger partial charge is 0.339 e. The fourth-order valence-corrected chi connectivity index (χ4v) is 4.68. The molecule has 0 fully saturated rings. The summed E-state index contributed by atoms with van der Waals surface area (Å²) in [5.41, 5.74) is 1.14. The standard InChI is InChI=1S/C17H17ClN4O3S2/c1-3-22(4-2)17(23)12-9-8-11(18)10-14(12)21-27(24,25)15-7-5-6-13-16(15)20-26-19-13/h5-10,21H,3-4H2,1-2H3. The molecule has 2 aromatic carbocycles. The van der Waals surface area contributed by atoms with E-state index >= 15 is 0 Å². The topological polar surface area (TPSA) is 92.3 Å². The normalized spacial score (nSPS) is 11.5. The van der Waals surface area contributed by atoms with Crippen molar-refractivity contribution >= 4 is 56.0 Å². The third-order valence-corrected chi connectivity index (χ3v) is 6.22. The summed E-state index contributed by atoms with van der Waals surface area (Å²) >= 11 is 6.98. The molecule has 0 saturated heterocycles. The number of hydrogen-bond acceptors (Lipinski definition) is 6. The summed E-state index contributed by atoms with van der Waals surface area (Å²) in [6, 6.07) is 9.23. The lowest BCUT2D eigenvalue weighted by Gasteiger charge is -2.21. The Morgan fingerprint density at radius 2 is 1.93 bits per heavy atom. The molecule has 1 aromatic heterocycles. The Bertz CT molecular complexity index is 1090. The third kappa shape index (κ3) is 3.90. The van der Waals surface area contributed by atoms with Crippen LogP contribution in [-0.2, 0) is 10.0 Å². The number of aromatic nitrogens is 2. The number of rotatable bonds is 6. The van der Waals surface area contributed by atoms with Crippen LogP contribution in [0.5, 0.6) is 0 Å².